The number of nitrogens with one attached hydrogen (secondary N) is 2. The lowest BCUT2D eigenvalue weighted by atomic mass is 10.1. The lowest BCUT2D eigenvalue weighted by Gasteiger charge is -2.25. The highest BCUT2D eigenvalue weighted by atomic mass is 15.0. The van der Waals surface area contributed by atoms with E-state index in [0.29, 0.717) is 6.04 Å². The first-order valence-electron chi connectivity index (χ1n) is 5.02. The van der Waals surface area contributed by atoms with Crippen LogP contribution in [0.15, 0.2) is 12.3 Å². The van der Waals surface area contributed by atoms with E-state index in [1.54, 1.807) is 0 Å². The zero-order valence-electron chi connectivity index (χ0n) is 9.70. The normalized spacial score (nSPS) is 13.9. The summed E-state index contributed by atoms with van der Waals surface area (Å²) in [5, 5.41) is 6.82. The summed E-state index contributed by atoms with van der Waals surface area (Å²) in [5.74, 6) is 0. The number of rotatable bonds is 5. The van der Waals surface area contributed by atoms with Gasteiger partial charge in [0.1, 0.15) is 0 Å². The van der Waals surface area contributed by atoms with E-state index in [1.165, 1.54) is 0 Å². The van der Waals surface area contributed by atoms with Crippen molar-refractivity contribution in [3.8, 4) is 0 Å². The van der Waals surface area contributed by atoms with Crippen LogP contribution in [0.3, 0.4) is 0 Å². The molecule has 0 saturated carbocycles. The van der Waals surface area contributed by atoms with Crippen LogP contribution in [0.25, 0.3) is 0 Å². The van der Waals surface area contributed by atoms with E-state index in [9.17, 15) is 0 Å². The second-order valence-electron chi connectivity index (χ2n) is 4.66. The van der Waals surface area contributed by atoms with E-state index < -0.39 is 0 Å². The Bertz CT molecular complexity index is 156. The molecule has 0 aromatic carbocycles. The van der Waals surface area contributed by atoms with Crippen molar-refractivity contribution in [2.75, 3.05) is 6.54 Å². The predicted molar refractivity (Wildman–Crippen MR) is 59.8 cm³/mol. The molecule has 0 aliphatic rings. The van der Waals surface area contributed by atoms with Gasteiger partial charge in [-0.3, -0.25) is 0 Å². The molecule has 0 fully saturated rings. The van der Waals surface area contributed by atoms with Gasteiger partial charge in [-0.1, -0.05) is 13.5 Å². The van der Waals surface area contributed by atoms with Crippen LogP contribution in [0.2, 0.25) is 0 Å². The summed E-state index contributed by atoms with van der Waals surface area (Å²) in [5.41, 5.74) is 1.24. The Morgan fingerprint density at radius 3 is 2.23 bits per heavy atom. The zero-order chi connectivity index (χ0) is 10.5. The fourth-order valence-electron chi connectivity index (χ4n) is 1.08. The molecule has 0 saturated heterocycles. The third-order valence-electron chi connectivity index (χ3n) is 1.82. The van der Waals surface area contributed by atoms with Gasteiger partial charge in [-0.2, -0.15) is 0 Å². The molecule has 0 bridgehead atoms. The molecule has 0 heterocycles. The first-order chi connectivity index (χ1) is 5.85. The van der Waals surface area contributed by atoms with Gasteiger partial charge >= 0.3 is 0 Å². The molecule has 0 aliphatic heterocycles. The van der Waals surface area contributed by atoms with Crippen LogP contribution in [-0.2, 0) is 0 Å². The van der Waals surface area contributed by atoms with E-state index >= 15 is 0 Å². The smallest absolute Gasteiger partial charge is 0.0380 e. The van der Waals surface area contributed by atoms with Gasteiger partial charge in [-0.15, -0.1) is 0 Å². The molecule has 78 valence electrons. The van der Waals surface area contributed by atoms with Gasteiger partial charge in [0.05, 0.1) is 0 Å². The molecule has 0 aromatic rings. The van der Waals surface area contributed by atoms with Crippen molar-refractivity contribution < 1.29 is 0 Å². The highest BCUT2D eigenvalue weighted by Gasteiger charge is 2.11. The van der Waals surface area contributed by atoms with Crippen molar-refractivity contribution >= 4 is 0 Å². The average molecular weight is 184 g/mol. The predicted octanol–water partition coefficient (Wildman–Crippen LogP) is 2.28. The zero-order valence-corrected chi connectivity index (χ0v) is 9.70. The van der Waals surface area contributed by atoms with Gasteiger partial charge in [0.25, 0.3) is 0 Å². The Kier molecular flexibility index (Phi) is 5.07. The largest absolute Gasteiger partial charge is 0.385 e. The molecule has 0 amide bonds. The summed E-state index contributed by atoms with van der Waals surface area (Å²) in [4.78, 5) is 0. The maximum absolute atomic E-state index is 3.85. The van der Waals surface area contributed by atoms with E-state index in [1.807, 2.05) is 6.92 Å². The molecule has 0 aromatic heterocycles. The maximum atomic E-state index is 3.85. The summed E-state index contributed by atoms with van der Waals surface area (Å²) in [6, 6.07) is 0.497. The first-order valence-corrected chi connectivity index (χ1v) is 5.02. The van der Waals surface area contributed by atoms with Crippen LogP contribution < -0.4 is 10.6 Å². The third kappa shape index (κ3) is 7.85. The van der Waals surface area contributed by atoms with Crippen molar-refractivity contribution in [1.82, 2.24) is 10.6 Å². The Labute approximate surface area is 82.8 Å². The lowest BCUT2D eigenvalue weighted by molar-refractivity contribution is 0.384. The molecule has 1 unspecified atom stereocenters. The summed E-state index contributed by atoms with van der Waals surface area (Å²) in [6.45, 7) is 15.6. The SMILES string of the molecule is C=C(C)NC(CC)CNC(C)(C)C. The van der Waals surface area contributed by atoms with Crippen LogP contribution in [0, 0.1) is 0 Å². The van der Waals surface area contributed by atoms with Crippen LogP contribution in [0.1, 0.15) is 41.0 Å². The van der Waals surface area contributed by atoms with Crippen LogP contribution in [-0.4, -0.2) is 18.1 Å². The van der Waals surface area contributed by atoms with E-state index in [4.69, 9.17) is 0 Å². The number of hydrogen-bond acceptors (Lipinski definition) is 2. The molecule has 0 rings (SSSR count). The van der Waals surface area contributed by atoms with Gasteiger partial charge < -0.3 is 10.6 Å². The molecule has 0 aliphatic carbocycles. The lowest BCUT2D eigenvalue weighted by Crippen LogP contribution is -2.45. The fraction of sp³-hybridized carbons (Fsp3) is 0.818. The van der Waals surface area contributed by atoms with E-state index in [0.717, 1.165) is 18.7 Å². The third-order valence-corrected chi connectivity index (χ3v) is 1.82. The Hall–Kier alpha value is -0.500. The quantitative estimate of drug-likeness (QED) is 0.685. The van der Waals surface area contributed by atoms with E-state index in [-0.39, 0.29) is 5.54 Å². The molecular weight excluding hydrogens is 160 g/mol. The van der Waals surface area contributed by atoms with Gasteiger partial charge in [-0.25, -0.2) is 0 Å². The maximum Gasteiger partial charge on any atom is 0.0380 e. The average Bonchev–Trinajstić information content (AvgIpc) is 1.95. The molecule has 2 heteroatoms. The van der Waals surface area contributed by atoms with Crippen LogP contribution in [0.4, 0.5) is 0 Å². The topological polar surface area (TPSA) is 24.1 Å². The molecule has 0 spiro atoms. The van der Waals surface area contributed by atoms with Gasteiger partial charge in [0, 0.05) is 23.8 Å². The Morgan fingerprint density at radius 2 is 1.92 bits per heavy atom. The standard InChI is InChI=1S/C11H24N2/c1-7-10(13-9(2)3)8-12-11(4,5)6/h10,12-13H,2,7-8H2,1,3-6H3. The minimum absolute atomic E-state index is 0.199. The molecule has 2 N–H and O–H groups in total. The molecule has 1 atom stereocenters. The van der Waals surface area contributed by atoms with Crippen molar-refractivity contribution in [3.05, 3.63) is 12.3 Å². The Morgan fingerprint density at radius 1 is 1.38 bits per heavy atom. The number of hydrogen-bond donors (Lipinski definition) is 2. The monoisotopic (exact) mass is 184 g/mol. The van der Waals surface area contributed by atoms with Crippen molar-refractivity contribution in [2.24, 2.45) is 0 Å². The van der Waals surface area contributed by atoms with Crippen molar-refractivity contribution in [2.45, 2.75) is 52.6 Å². The van der Waals surface area contributed by atoms with Gasteiger partial charge in [0.2, 0.25) is 0 Å². The van der Waals surface area contributed by atoms with Gasteiger partial charge in [0.15, 0.2) is 0 Å². The minimum Gasteiger partial charge on any atom is -0.385 e. The van der Waals surface area contributed by atoms with E-state index in [2.05, 4.69) is 44.9 Å². The summed E-state index contributed by atoms with van der Waals surface area (Å²) in [6.07, 6.45) is 1.12. The second-order valence-corrected chi connectivity index (χ2v) is 4.66. The minimum atomic E-state index is 0.199. The first kappa shape index (κ1) is 12.5. The Balaban J connectivity index is 3.79. The summed E-state index contributed by atoms with van der Waals surface area (Å²) >= 11 is 0. The number of allylic oxidation sites excluding steroid dienone is 1. The van der Waals surface area contributed by atoms with Crippen LogP contribution in [0.5, 0.6) is 0 Å². The van der Waals surface area contributed by atoms with Gasteiger partial charge in [-0.05, 0) is 34.1 Å². The molecule has 2 nitrogen and oxygen atoms in total. The highest BCUT2D eigenvalue weighted by Crippen LogP contribution is 2.00. The summed E-state index contributed by atoms with van der Waals surface area (Å²) in [7, 11) is 0. The summed E-state index contributed by atoms with van der Waals surface area (Å²) < 4.78 is 0. The fourth-order valence-corrected chi connectivity index (χ4v) is 1.08. The molecule has 0 radical (unpaired) electrons. The van der Waals surface area contributed by atoms with Crippen LogP contribution >= 0.6 is 0 Å². The van der Waals surface area contributed by atoms with Crippen molar-refractivity contribution in [1.29, 1.82) is 0 Å². The molecule has 13 heavy (non-hydrogen) atoms. The molecular formula is C11H24N2. The highest BCUT2D eigenvalue weighted by molar-refractivity contribution is 4.89. The van der Waals surface area contributed by atoms with Crippen molar-refractivity contribution in [3.63, 3.8) is 0 Å². The second kappa shape index (κ2) is 5.28.